The van der Waals surface area contributed by atoms with Crippen LogP contribution in [0.4, 0.5) is 4.39 Å². The Morgan fingerprint density at radius 2 is 2.00 bits per heavy atom. The van der Waals surface area contributed by atoms with Gasteiger partial charge in [-0.3, -0.25) is 4.57 Å². The van der Waals surface area contributed by atoms with Crippen molar-refractivity contribution in [3.63, 3.8) is 0 Å². The molecule has 1 N–H and O–H groups in total. The van der Waals surface area contributed by atoms with Crippen molar-refractivity contribution in [3.8, 4) is 11.4 Å². The largest absolute Gasteiger partial charge is 0.494 e. The molecule has 0 aliphatic rings. The second kappa shape index (κ2) is 4.28. The quantitative estimate of drug-likeness (QED) is 0.767. The van der Waals surface area contributed by atoms with Gasteiger partial charge in [0.25, 0.3) is 0 Å². The van der Waals surface area contributed by atoms with Crippen molar-refractivity contribution in [2.45, 2.75) is 0 Å². The molecular weight excluding hydrogens is 247 g/mol. The number of H-pyrrole nitrogens is 1. The van der Waals surface area contributed by atoms with Crippen LogP contribution in [0.1, 0.15) is 0 Å². The van der Waals surface area contributed by atoms with Crippen LogP contribution >= 0.6 is 0 Å². The van der Waals surface area contributed by atoms with Crippen LogP contribution in [0, 0.1) is 5.82 Å². The number of benzene rings is 2. The Morgan fingerprint density at radius 1 is 1.21 bits per heavy atom. The molecule has 0 spiro atoms. The first kappa shape index (κ1) is 11.5. The molecule has 4 nitrogen and oxygen atoms in total. The monoisotopic (exact) mass is 258 g/mol. The Labute approximate surface area is 108 Å². The molecule has 0 radical (unpaired) electrons. The van der Waals surface area contributed by atoms with Crippen molar-refractivity contribution >= 4 is 11.0 Å². The summed E-state index contributed by atoms with van der Waals surface area (Å²) in [6.07, 6.45) is 0. The molecule has 3 rings (SSSR count). The summed E-state index contributed by atoms with van der Waals surface area (Å²) in [5, 5.41) is 0. The lowest BCUT2D eigenvalue weighted by Gasteiger charge is -2.06. The summed E-state index contributed by atoms with van der Waals surface area (Å²) in [4.78, 5) is 14.7. The van der Waals surface area contributed by atoms with Gasteiger partial charge in [0.2, 0.25) is 0 Å². The molecule has 0 saturated carbocycles. The minimum Gasteiger partial charge on any atom is -0.494 e. The lowest BCUT2D eigenvalue weighted by molar-refractivity contribution is 0.386. The van der Waals surface area contributed by atoms with Crippen molar-refractivity contribution in [2.24, 2.45) is 0 Å². The third kappa shape index (κ3) is 1.79. The van der Waals surface area contributed by atoms with E-state index in [4.69, 9.17) is 4.74 Å². The predicted molar refractivity (Wildman–Crippen MR) is 70.4 cm³/mol. The molecule has 19 heavy (non-hydrogen) atoms. The molecular formula is C14H11FN2O2. The molecule has 96 valence electrons. The second-order valence-corrected chi connectivity index (χ2v) is 4.10. The summed E-state index contributed by atoms with van der Waals surface area (Å²) in [6.45, 7) is 0. The van der Waals surface area contributed by atoms with E-state index in [9.17, 15) is 9.18 Å². The number of halogens is 1. The Hall–Kier alpha value is -2.56. The summed E-state index contributed by atoms with van der Waals surface area (Å²) in [5.41, 5.74) is 1.76. The van der Waals surface area contributed by atoms with Crippen LogP contribution in [0.3, 0.4) is 0 Å². The van der Waals surface area contributed by atoms with Gasteiger partial charge in [-0.15, -0.1) is 0 Å². The number of hydrogen-bond donors (Lipinski definition) is 1. The van der Waals surface area contributed by atoms with Crippen LogP contribution in [0.5, 0.6) is 5.75 Å². The Kier molecular flexibility index (Phi) is 2.59. The highest BCUT2D eigenvalue weighted by molar-refractivity contribution is 5.77. The number of aromatic nitrogens is 2. The van der Waals surface area contributed by atoms with Crippen molar-refractivity contribution in [1.29, 1.82) is 0 Å². The number of aromatic amines is 1. The number of para-hydroxylation sites is 2. The minimum atomic E-state index is -0.459. The molecule has 0 unspecified atom stereocenters. The number of nitrogens with one attached hydrogen (secondary N) is 1. The molecule has 0 aliphatic heterocycles. The lowest BCUT2D eigenvalue weighted by atomic mass is 10.2. The van der Waals surface area contributed by atoms with E-state index >= 15 is 0 Å². The predicted octanol–water partition coefficient (Wildman–Crippen LogP) is 2.47. The number of hydrogen-bond acceptors (Lipinski definition) is 2. The van der Waals surface area contributed by atoms with Gasteiger partial charge in [0.15, 0.2) is 11.6 Å². The Morgan fingerprint density at radius 3 is 2.79 bits per heavy atom. The van der Waals surface area contributed by atoms with Crippen LogP contribution in [-0.2, 0) is 0 Å². The van der Waals surface area contributed by atoms with Gasteiger partial charge in [0.05, 0.1) is 23.8 Å². The molecule has 5 heteroatoms. The normalized spacial score (nSPS) is 10.8. The molecule has 0 bridgehead atoms. The zero-order valence-corrected chi connectivity index (χ0v) is 10.2. The van der Waals surface area contributed by atoms with Gasteiger partial charge in [0, 0.05) is 6.07 Å². The van der Waals surface area contributed by atoms with Crippen LogP contribution in [-0.4, -0.2) is 16.7 Å². The topological polar surface area (TPSA) is 47.0 Å². The fraction of sp³-hybridized carbons (Fsp3) is 0.0714. The van der Waals surface area contributed by atoms with Crippen LogP contribution < -0.4 is 10.4 Å². The maximum Gasteiger partial charge on any atom is 0.331 e. The second-order valence-electron chi connectivity index (χ2n) is 4.10. The highest BCUT2D eigenvalue weighted by Gasteiger charge is 2.10. The number of nitrogens with zero attached hydrogens (tertiary/aromatic N) is 1. The molecule has 0 atom stereocenters. The van der Waals surface area contributed by atoms with Gasteiger partial charge < -0.3 is 9.72 Å². The standard InChI is InChI=1S/C14H11FN2O2/c1-19-13-8-9(6-7-10(13)15)17-12-5-3-2-4-11(12)16-14(17)18/h2-8H,1H3,(H,16,18). The van der Waals surface area contributed by atoms with E-state index in [2.05, 4.69) is 4.98 Å². The molecule has 0 aliphatic carbocycles. The van der Waals surface area contributed by atoms with Crippen LogP contribution in [0.15, 0.2) is 47.3 Å². The number of methoxy groups -OCH3 is 1. The fourth-order valence-corrected chi connectivity index (χ4v) is 2.10. The van der Waals surface area contributed by atoms with E-state index < -0.39 is 5.82 Å². The lowest BCUT2D eigenvalue weighted by Crippen LogP contribution is -2.14. The first-order chi connectivity index (χ1) is 9.20. The van der Waals surface area contributed by atoms with E-state index in [0.717, 1.165) is 11.0 Å². The Balaban J connectivity index is 2.30. The van der Waals surface area contributed by atoms with Gasteiger partial charge in [-0.25, -0.2) is 9.18 Å². The number of imidazole rings is 1. The molecule has 1 heterocycles. The molecule has 0 fully saturated rings. The SMILES string of the molecule is COc1cc(-n2c(=O)[nH]c3ccccc32)ccc1F. The third-order valence-corrected chi connectivity index (χ3v) is 2.98. The summed E-state index contributed by atoms with van der Waals surface area (Å²) in [5.74, 6) is -0.353. The number of rotatable bonds is 2. The smallest absolute Gasteiger partial charge is 0.331 e. The summed E-state index contributed by atoms with van der Waals surface area (Å²) < 4.78 is 19.8. The molecule has 3 aromatic rings. The summed E-state index contributed by atoms with van der Waals surface area (Å²) in [6, 6.07) is 11.6. The van der Waals surface area contributed by atoms with Crippen molar-refractivity contribution in [1.82, 2.24) is 9.55 Å². The average Bonchev–Trinajstić information content (AvgIpc) is 2.75. The van der Waals surface area contributed by atoms with E-state index in [-0.39, 0.29) is 11.4 Å². The van der Waals surface area contributed by atoms with E-state index in [1.165, 1.54) is 23.8 Å². The van der Waals surface area contributed by atoms with Gasteiger partial charge in [-0.05, 0) is 24.3 Å². The van der Waals surface area contributed by atoms with Crippen molar-refractivity contribution in [2.75, 3.05) is 7.11 Å². The number of fused-ring (bicyclic) bond motifs is 1. The van der Waals surface area contributed by atoms with Gasteiger partial charge in [0.1, 0.15) is 0 Å². The first-order valence-corrected chi connectivity index (χ1v) is 5.74. The maximum atomic E-state index is 13.4. The summed E-state index contributed by atoms with van der Waals surface area (Å²) >= 11 is 0. The highest BCUT2D eigenvalue weighted by Crippen LogP contribution is 2.22. The highest BCUT2D eigenvalue weighted by atomic mass is 19.1. The maximum absolute atomic E-state index is 13.4. The zero-order chi connectivity index (χ0) is 13.4. The van der Waals surface area contributed by atoms with Gasteiger partial charge in [-0.1, -0.05) is 12.1 Å². The fourth-order valence-electron chi connectivity index (χ4n) is 2.10. The third-order valence-electron chi connectivity index (χ3n) is 2.98. The molecule has 0 amide bonds. The molecule has 2 aromatic carbocycles. The molecule has 1 aromatic heterocycles. The summed E-state index contributed by atoms with van der Waals surface area (Å²) in [7, 11) is 1.39. The van der Waals surface area contributed by atoms with Crippen LogP contribution in [0.2, 0.25) is 0 Å². The van der Waals surface area contributed by atoms with Gasteiger partial charge in [-0.2, -0.15) is 0 Å². The first-order valence-electron chi connectivity index (χ1n) is 5.74. The van der Waals surface area contributed by atoms with Crippen molar-refractivity contribution in [3.05, 3.63) is 58.8 Å². The van der Waals surface area contributed by atoms with Gasteiger partial charge >= 0.3 is 5.69 Å². The van der Waals surface area contributed by atoms with E-state index in [0.29, 0.717) is 5.69 Å². The molecule has 0 saturated heterocycles. The van der Waals surface area contributed by atoms with E-state index in [1.807, 2.05) is 24.3 Å². The van der Waals surface area contributed by atoms with Crippen molar-refractivity contribution < 1.29 is 9.13 Å². The van der Waals surface area contributed by atoms with E-state index in [1.54, 1.807) is 6.07 Å². The number of ether oxygens (including phenoxy) is 1. The van der Waals surface area contributed by atoms with Crippen LogP contribution in [0.25, 0.3) is 16.7 Å². The minimum absolute atomic E-state index is 0.106. The average molecular weight is 258 g/mol. The Bertz CT molecular complexity index is 805. The zero-order valence-electron chi connectivity index (χ0n) is 10.2.